The molecule has 0 aromatic carbocycles. The number of alkyl halides is 1. The van der Waals surface area contributed by atoms with Crippen LogP contribution in [0.2, 0.25) is 0 Å². The Morgan fingerprint density at radius 1 is 1.50 bits per heavy atom. The number of carbonyl (C=O) groups is 1. The number of likely N-dealkylation sites (tertiary alicyclic amines) is 1. The predicted octanol–water partition coefficient (Wildman–Crippen LogP) is 1.71. The number of hydrogen-bond acceptors (Lipinski definition) is 4. The molecular weight excluding hydrogens is 263 g/mol. The van der Waals surface area contributed by atoms with Crippen LogP contribution >= 0.6 is 0 Å². The van der Waals surface area contributed by atoms with Gasteiger partial charge in [-0.2, -0.15) is 0 Å². The lowest BCUT2D eigenvalue weighted by Crippen LogP contribution is -2.60. The molecular formula is C14H25FN2O3. The highest BCUT2D eigenvalue weighted by atomic mass is 19.1. The van der Waals surface area contributed by atoms with Gasteiger partial charge in [0.05, 0.1) is 24.8 Å². The highest BCUT2D eigenvalue weighted by molar-refractivity contribution is 5.68. The first-order valence-corrected chi connectivity index (χ1v) is 7.21. The third-order valence-corrected chi connectivity index (χ3v) is 3.84. The van der Waals surface area contributed by atoms with Gasteiger partial charge in [0.2, 0.25) is 0 Å². The van der Waals surface area contributed by atoms with E-state index in [-0.39, 0.29) is 12.6 Å². The van der Waals surface area contributed by atoms with E-state index < -0.39 is 23.5 Å². The van der Waals surface area contributed by atoms with Crippen molar-refractivity contribution >= 4 is 6.09 Å². The molecule has 2 rings (SSSR count). The van der Waals surface area contributed by atoms with Crippen molar-refractivity contribution in [3.8, 4) is 0 Å². The minimum atomic E-state index is -1.16. The molecule has 1 N–H and O–H groups in total. The highest BCUT2D eigenvalue weighted by Gasteiger charge is 2.46. The fraction of sp³-hybridized carbons (Fsp3) is 0.929. The van der Waals surface area contributed by atoms with Gasteiger partial charge in [-0.3, -0.25) is 0 Å². The minimum Gasteiger partial charge on any atom is -0.444 e. The molecule has 0 aromatic rings. The quantitative estimate of drug-likeness (QED) is 0.737. The van der Waals surface area contributed by atoms with Crippen LogP contribution in [0.3, 0.4) is 0 Å². The van der Waals surface area contributed by atoms with E-state index in [0.717, 1.165) is 0 Å². The first kappa shape index (κ1) is 15.5. The van der Waals surface area contributed by atoms with E-state index in [0.29, 0.717) is 26.1 Å². The topological polar surface area (TPSA) is 50.8 Å². The number of amides is 1. The summed E-state index contributed by atoms with van der Waals surface area (Å²) in [6, 6.07) is -0.372. The Morgan fingerprint density at radius 2 is 2.20 bits per heavy atom. The van der Waals surface area contributed by atoms with Gasteiger partial charge in [0.25, 0.3) is 0 Å². The van der Waals surface area contributed by atoms with Gasteiger partial charge in [0, 0.05) is 13.1 Å². The number of hydrogen-bond donors (Lipinski definition) is 1. The van der Waals surface area contributed by atoms with E-state index >= 15 is 0 Å². The Hall–Kier alpha value is -0.880. The van der Waals surface area contributed by atoms with Crippen molar-refractivity contribution in [2.45, 2.75) is 57.5 Å². The Labute approximate surface area is 119 Å². The molecule has 0 aromatic heterocycles. The fourth-order valence-electron chi connectivity index (χ4n) is 2.80. The summed E-state index contributed by atoms with van der Waals surface area (Å²) >= 11 is 0. The second-order valence-corrected chi connectivity index (χ2v) is 6.79. The summed E-state index contributed by atoms with van der Waals surface area (Å²) in [5.74, 6) is 0. The van der Waals surface area contributed by atoms with E-state index in [1.54, 1.807) is 20.8 Å². The molecule has 0 saturated carbocycles. The maximum Gasteiger partial charge on any atom is 0.410 e. The highest BCUT2D eigenvalue weighted by Crippen LogP contribution is 2.30. The Balaban J connectivity index is 2.07. The van der Waals surface area contributed by atoms with E-state index in [4.69, 9.17) is 9.47 Å². The van der Waals surface area contributed by atoms with Gasteiger partial charge in [0.1, 0.15) is 11.8 Å². The van der Waals surface area contributed by atoms with E-state index in [2.05, 4.69) is 5.32 Å². The summed E-state index contributed by atoms with van der Waals surface area (Å²) in [6.07, 6.45) is -1.01. The van der Waals surface area contributed by atoms with E-state index in [9.17, 15) is 9.18 Å². The average Bonchev–Trinajstić information content (AvgIpc) is 2.44. The summed E-state index contributed by atoms with van der Waals surface area (Å²) in [4.78, 5) is 13.5. The zero-order valence-corrected chi connectivity index (χ0v) is 12.7. The first-order valence-electron chi connectivity index (χ1n) is 7.21. The van der Waals surface area contributed by atoms with Crippen molar-refractivity contribution in [3.05, 3.63) is 0 Å². The lowest BCUT2D eigenvalue weighted by molar-refractivity contribution is -0.0990. The van der Waals surface area contributed by atoms with Crippen LogP contribution in [0.4, 0.5) is 9.18 Å². The van der Waals surface area contributed by atoms with Crippen LogP contribution < -0.4 is 5.32 Å². The summed E-state index contributed by atoms with van der Waals surface area (Å²) in [6.45, 7) is 9.05. The number of nitrogens with zero attached hydrogens (tertiary/aromatic N) is 1. The largest absolute Gasteiger partial charge is 0.444 e. The van der Waals surface area contributed by atoms with Crippen LogP contribution in [-0.4, -0.2) is 60.6 Å². The number of morpholine rings is 1. The van der Waals surface area contributed by atoms with Crippen LogP contribution in [0, 0.1) is 0 Å². The molecule has 3 atom stereocenters. The molecule has 3 unspecified atom stereocenters. The van der Waals surface area contributed by atoms with Crippen molar-refractivity contribution in [1.82, 2.24) is 10.2 Å². The maximum absolute atomic E-state index is 14.5. The number of rotatable bonds is 0. The molecule has 2 saturated heterocycles. The number of fused-ring (bicyclic) bond motifs is 1. The zero-order chi connectivity index (χ0) is 15.0. The van der Waals surface area contributed by atoms with Gasteiger partial charge in [0.15, 0.2) is 0 Å². The van der Waals surface area contributed by atoms with E-state index in [1.807, 2.05) is 6.92 Å². The molecule has 1 amide bonds. The van der Waals surface area contributed by atoms with Gasteiger partial charge in [-0.1, -0.05) is 0 Å². The number of halogens is 1. The smallest absolute Gasteiger partial charge is 0.410 e. The molecule has 2 aliphatic rings. The monoisotopic (exact) mass is 288 g/mol. The number of ether oxygens (including phenoxy) is 2. The predicted molar refractivity (Wildman–Crippen MR) is 73.5 cm³/mol. The van der Waals surface area contributed by atoms with Crippen LogP contribution in [0.5, 0.6) is 0 Å². The first-order chi connectivity index (χ1) is 9.21. The molecule has 2 aliphatic heterocycles. The molecule has 6 heteroatoms. The van der Waals surface area contributed by atoms with Gasteiger partial charge >= 0.3 is 6.09 Å². The van der Waals surface area contributed by atoms with Crippen molar-refractivity contribution in [3.63, 3.8) is 0 Å². The van der Waals surface area contributed by atoms with Gasteiger partial charge in [-0.25, -0.2) is 9.18 Å². The van der Waals surface area contributed by atoms with Gasteiger partial charge in [-0.15, -0.1) is 0 Å². The second kappa shape index (κ2) is 5.48. The Morgan fingerprint density at radius 3 is 2.85 bits per heavy atom. The molecule has 0 bridgehead atoms. The molecule has 20 heavy (non-hydrogen) atoms. The molecule has 5 nitrogen and oxygen atoms in total. The van der Waals surface area contributed by atoms with Crippen molar-refractivity contribution in [2.75, 3.05) is 26.2 Å². The van der Waals surface area contributed by atoms with Crippen molar-refractivity contribution < 1.29 is 18.7 Å². The Kier molecular flexibility index (Phi) is 4.25. The molecule has 0 aliphatic carbocycles. The number of nitrogens with one attached hydrogen (secondary N) is 1. The third-order valence-electron chi connectivity index (χ3n) is 3.84. The average molecular weight is 288 g/mol. The third kappa shape index (κ3) is 3.41. The molecule has 2 fully saturated rings. The number of carbonyl (C=O) groups excluding carboxylic acids is 1. The normalized spacial score (nSPS) is 35.1. The van der Waals surface area contributed by atoms with Crippen LogP contribution in [0.15, 0.2) is 0 Å². The minimum absolute atomic E-state index is 0.0472. The Bertz CT molecular complexity index is 372. The molecule has 0 radical (unpaired) electrons. The van der Waals surface area contributed by atoms with Crippen molar-refractivity contribution in [2.24, 2.45) is 0 Å². The molecule has 2 heterocycles. The van der Waals surface area contributed by atoms with Crippen LogP contribution in [0.1, 0.15) is 34.1 Å². The lowest BCUT2D eigenvalue weighted by atomic mass is 9.89. The van der Waals surface area contributed by atoms with Gasteiger partial charge in [-0.05, 0) is 34.1 Å². The summed E-state index contributed by atoms with van der Waals surface area (Å²) in [7, 11) is 0. The van der Waals surface area contributed by atoms with Crippen LogP contribution in [0.25, 0.3) is 0 Å². The summed E-state index contributed by atoms with van der Waals surface area (Å²) in [5.41, 5.74) is -1.13. The maximum atomic E-state index is 14.5. The van der Waals surface area contributed by atoms with Gasteiger partial charge < -0.3 is 19.7 Å². The standard InChI is InChI=1S/C14H25FN2O3/c1-13(2,3)20-12(18)17-7-5-14(4)11(10(15)9-17)16-6-8-19-14/h10-11,16H,5-9H2,1-4H3. The lowest BCUT2D eigenvalue weighted by Gasteiger charge is -2.41. The second-order valence-electron chi connectivity index (χ2n) is 6.79. The van der Waals surface area contributed by atoms with Crippen molar-refractivity contribution in [1.29, 1.82) is 0 Å². The molecule has 116 valence electrons. The fourth-order valence-corrected chi connectivity index (χ4v) is 2.80. The van der Waals surface area contributed by atoms with E-state index in [1.165, 1.54) is 4.90 Å². The summed E-state index contributed by atoms with van der Waals surface area (Å²) in [5, 5.41) is 3.18. The summed E-state index contributed by atoms with van der Waals surface area (Å²) < 4.78 is 25.6. The SMILES string of the molecule is CC(C)(C)OC(=O)N1CCC2(C)OCCNC2C(F)C1. The molecule has 0 spiro atoms. The zero-order valence-electron chi connectivity index (χ0n) is 12.7. The van der Waals surface area contributed by atoms with Crippen LogP contribution in [-0.2, 0) is 9.47 Å².